The highest BCUT2D eigenvalue weighted by Crippen LogP contribution is 2.56. The van der Waals surface area contributed by atoms with Gasteiger partial charge in [-0.3, -0.25) is 4.57 Å². The van der Waals surface area contributed by atoms with E-state index in [-0.39, 0.29) is 13.2 Å². The van der Waals surface area contributed by atoms with E-state index in [9.17, 15) is 4.57 Å². The third-order valence-electron chi connectivity index (χ3n) is 1.39. The lowest BCUT2D eigenvalue weighted by Crippen LogP contribution is -2.35. The SMILES string of the molecule is CCOP(=O)(OCC)C(C)(N)C#N. The maximum atomic E-state index is 11.9. The van der Waals surface area contributed by atoms with Gasteiger partial charge in [-0.2, -0.15) is 5.26 Å². The molecule has 0 radical (unpaired) electrons. The first-order valence-electron chi connectivity index (χ1n) is 4.03. The fourth-order valence-electron chi connectivity index (χ4n) is 0.707. The van der Waals surface area contributed by atoms with Crippen molar-refractivity contribution in [3.63, 3.8) is 0 Å². The Labute approximate surface area is 78.4 Å². The standard InChI is InChI=1S/C7H15N2O3P/c1-4-11-13(10,12-5-2)7(3,9)6-8/h4-5,9H2,1-3H3. The van der Waals surface area contributed by atoms with Gasteiger partial charge in [0.25, 0.3) is 0 Å². The van der Waals surface area contributed by atoms with Crippen LogP contribution in [0.25, 0.3) is 0 Å². The molecule has 0 aromatic carbocycles. The van der Waals surface area contributed by atoms with Gasteiger partial charge in [-0.05, 0) is 20.8 Å². The smallest absolute Gasteiger partial charge is 0.307 e. The van der Waals surface area contributed by atoms with Crippen LogP contribution in [-0.4, -0.2) is 18.5 Å². The minimum atomic E-state index is -3.51. The summed E-state index contributed by atoms with van der Waals surface area (Å²) < 4.78 is 21.7. The summed E-state index contributed by atoms with van der Waals surface area (Å²) in [4.78, 5) is 0. The minimum Gasteiger partial charge on any atom is -0.307 e. The van der Waals surface area contributed by atoms with Crippen molar-refractivity contribution >= 4 is 7.60 Å². The molecule has 0 aromatic rings. The molecule has 0 bridgehead atoms. The average Bonchev–Trinajstić information content (AvgIpc) is 2.05. The van der Waals surface area contributed by atoms with Gasteiger partial charge in [-0.25, -0.2) is 0 Å². The third-order valence-corrected chi connectivity index (χ3v) is 3.83. The molecule has 0 saturated heterocycles. The van der Waals surface area contributed by atoms with E-state index < -0.39 is 12.9 Å². The van der Waals surface area contributed by atoms with Crippen molar-refractivity contribution < 1.29 is 13.6 Å². The largest absolute Gasteiger partial charge is 0.364 e. The Bertz CT molecular complexity index is 237. The predicted octanol–water partition coefficient (Wildman–Crippen LogP) is 1.45. The quantitative estimate of drug-likeness (QED) is 0.688. The van der Waals surface area contributed by atoms with E-state index in [2.05, 4.69) is 0 Å². The van der Waals surface area contributed by atoms with Crippen LogP contribution < -0.4 is 5.73 Å². The van der Waals surface area contributed by atoms with Gasteiger partial charge >= 0.3 is 7.60 Å². The molecule has 0 saturated carbocycles. The molecule has 0 amide bonds. The fourth-order valence-corrected chi connectivity index (χ4v) is 2.12. The summed E-state index contributed by atoms with van der Waals surface area (Å²) in [6.07, 6.45) is 0. The van der Waals surface area contributed by atoms with Crippen molar-refractivity contribution in [3.05, 3.63) is 0 Å². The Balaban J connectivity index is 4.80. The Morgan fingerprint density at radius 2 is 1.85 bits per heavy atom. The summed E-state index contributed by atoms with van der Waals surface area (Å²) in [6.45, 7) is 5.06. The van der Waals surface area contributed by atoms with E-state index >= 15 is 0 Å². The molecule has 2 N–H and O–H groups in total. The summed E-state index contributed by atoms with van der Waals surface area (Å²) in [5.41, 5.74) is 5.49. The summed E-state index contributed by atoms with van der Waals surface area (Å²) >= 11 is 0. The molecule has 0 aliphatic heterocycles. The first kappa shape index (κ1) is 12.6. The molecule has 1 unspecified atom stereocenters. The molecule has 0 spiro atoms. The molecule has 1 atom stereocenters. The molecule has 0 aliphatic rings. The molecule has 0 heterocycles. The molecular formula is C7H15N2O3P. The fraction of sp³-hybridized carbons (Fsp3) is 0.857. The van der Waals surface area contributed by atoms with E-state index in [4.69, 9.17) is 20.0 Å². The van der Waals surface area contributed by atoms with Crippen molar-refractivity contribution in [2.24, 2.45) is 5.73 Å². The Hall–Kier alpha value is -0.400. The number of hydrogen-bond donors (Lipinski definition) is 1. The van der Waals surface area contributed by atoms with Crippen LogP contribution in [-0.2, 0) is 13.6 Å². The zero-order valence-electron chi connectivity index (χ0n) is 8.11. The first-order valence-corrected chi connectivity index (χ1v) is 5.57. The number of nitriles is 1. The number of hydrogen-bond acceptors (Lipinski definition) is 5. The molecule has 0 fully saturated rings. The van der Waals surface area contributed by atoms with Crippen LogP contribution in [0.3, 0.4) is 0 Å². The Kier molecular flexibility index (Phi) is 4.58. The van der Waals surface area contributed by atoms with Gasteiger partial charge < -0.3 is 14.8 Å². The van der Waals surface area contributed by atoms with Crippen LogP contribution in [0, 0.1) is 11.3 Å². The van der Waals surface area contributed by atoms with Crippen LogP contribution in [0.5, 0.6) is 0 Å². The highest BCUT2D eigenvalue weighted by atomic mass is 31.2. The molecule has 0 aromatic heterocycles. The number of rotatable bonds is 5. The zero-order valence-corrected chi connectivity index (χ0v) is 9.01. The molecule has 0 aliphatic carbocycles. The molecule has 13 heavy (non-hydrogen) atoms. The van der Waals surface area contributed by atoms with E-state index in [0.717, 1.165) is 0 Å². The van der Waals surface area contributed by atoms with Crippen molar-refractivity contribution in [3.8, 4) is 6.07 Å². The molecule has 6 heteroatoms. The van der Waals surface area contributed by atoms with E-state index in [1.807, 2.05) is 0 Å². The van der Waals surface area contributed by atoms with Gasteiger partial charge in [0.1, 0.15) is 0 Å². The number of nitrogens with two attached hydrogens (primary N) is 1. The zero-order chi connectivity index (χ0) is 10.5. The van der Waals surface area contributed by atoms with Crippen LogP contribution in [0.1, 0.15) is 20.8 Å². The third kappa shape index (κ3) is 2.78. The highest BCUT2D eigenvalue weighted by molar-refractivity contribution is 7.55. The van der Waals surface area contributed by atoms with Crippen LogP contribution >= 0.6 is 7.60 Å². The van der Waals surface area contributed by atoms with E-state index in [1.165, 1.54) is 6.92 Å². The summed E-state index contributed by atoms with van der Waals surface area (Å²) in [5.74, 6) is 0. The summed E-state index contributed by atoms with van der Waals surface area (Å²) in [7, 11) is -3.51. The van der Waals surface area contributed by atoms with Gasteiger partial charge in [0.05, 0.1) is 19.3 Å². The Morgan fingerprint density at radius 3 is 2.08 bits per heavy atom. The molecule has 5 nitrogen and oxygen atoms in total. The van der Waals surface area contributed by atoms with E-state index in [1.54, 1.807) is 19.9 Å². The van der Waals surface area contributed by atoms with Gasteiger partial charge in [-0.1, -0.05) is 0 Å². The van der Waals surface area contributed by atoms with Gasteiger partial charge in [0.15, 0.2) is 0 Å². The first-order chi connectivity index (χ1) is 5.93. The topological polar surface area (TPSA) is 85.3 Å². The lowest BCUT2D eigenvalue weighted by Gasteiger charge is -2.26. The normalized spacial score (nSPS) is 16.2. The molecule has 76 valence electrons. The van der Waals surface area contributed by atoms with Gasteiger partial charge in [0, 0.05) is 0 Å². The van der Waals surface area contributed by atoms with Gasteiger partial charge in [0.2, 0.25) is 5.28 Å². The second-order valence-electron chi connectivity index (χ2n) is 2.59. The van der Waals surface area contributed by atoms with Crippen LogP contribution in [0.15, 0.2) is 0 Å². The van der Waals surface area contributed by atoms with Crippen molar-refractivity contribution in [1.82, 2.24) is 0 Å². The second kappa shape index (κ2) is 4.73. The van der Waals surface area contributed by atoms with E-state index in [0.29, 0.717) is 0 Å². The van der Waals surface area contributed by atoms with Crippen molar-refractivity contribution in [1.29, 1.82) is 5.26 Å². The molecular weight excluding hydrogens is 191 g/mol. The maximum absolute atomic E-state index is 11.9. The van der Waals surface area contributed by atoms with Crippen LogP contribution in [0.2, 0.25) is 0 Å². The van der Waals surface area contributed by atoms with Crippen molar-refractivity contribution in [2.75, 3.05) is 13.2 Å². The van der Waals surface area contributed by atoms with Gasteiger partial charge in [-0.15, -0.1) is 0 Å². The highest BCUT2D eigenvalue weighted by Gasteiger charge is 2.44. The second-order valence-corrected chi connectivity index (χ2v) is 5.03. The van der Waals surface area contributed by atoms with Crippen LogP contribution in [0.4, 0.5) is 0 Å². The average molecular weight is 206 g/mol. The monoisotopic (exact) mass is 206 g/mol. The summed E-state index contributed by atoms with van der Waals surface area (Å²) in [5, 5.41) is 7.09. The lowest BCUT2D eigenvalue weighted by atomic mass is 10.4. The molecule has 0 rings (SSSR count). The predicted molar refractivity (Wildman–Crippen MR) is 49.1 cm³/mol. The Morgan fingerprint density at radius 1 is 1.46 bits per heavy atom. The number of nitrogens with zero attached hydrogens (tertiary/aromatic N) is 1. The van der Waals surface area contributed by atoms with Crippen molar-refractivity contribution in [2.45, 2.75) is 26.1 Å². The maximum Gasteiger partial charge on any atom is 0.364 e. The lowest BCUT2D eigenvalue weighted by molar-refractivity contribution is 0.206. The minimum absolute atomic E-state index is 0.200. The summed E-state index contributed by atoms with van der Waals surface area (Å²) in [6, 6.07) is 1.72.